The van der Waals surface area contributed by atoms with Crippen LogP contribution in [0.4, 0.5) is 0 Å². The first-order valence-corrected chi connectivity index (χ1v) is 7.28. The molecule has 2 N–H and O–H groups in total. The van der Waals surface area contributed by atoms with E-state index in [9.17, 15) is 4.79 Å². The summed E-state index contributed by atoms with van der Waals surface area (Å²) in [6.07, 6.45) is 0. The Bertz CT molecular complexity index is 600. The Hall–Kier alpha value is -1.46. The van der Waals surface area contributed by atoms with Gasteiger partial charge in [-0.1, -0.05) is 19.9 Å². The SMILES string of the molecule is CC(C)Cn1nc(-c2cccs2)cc(C(C)N)c1=O. The van der Waals surface area contributed by atoms with Gasteiger partial charge in [-0.2, -0.15) is 5.10 Å². The molecule has 2 rings (SSSR count). The smallest absolute Gasteiger partial charge is 0.271 e. The minimum absolute atomic E-state index is 0.0796. The molecule has 0 fully saturated rings. The molecule has 5 heteroatoms. The number of hydrogen-bond acceptors (Lipinski definition) is 4. The second-order valence-corrected chi connectivity index (χ2v) is 6.08. The topological polar surface area (TPSA) is 60.9 Å². The fourth-order valence-electron chi connectivity index (χ4n) is 1.90. The van der Waals surface area contributed by atoms with Crippen LogP contribution in [0.2, 0.25) is 0 Å². The molecule has 0 saturated carbocycles. The van der Waals surface area contributed by atoms with Gasteiger partial charge in [-0.15, -0.1) is 11.3 Å². The molecule has 2 heterocycles. The number of hydrogen-bond donors (Lipinski definition) is 1. The maximum atomic E-state index is 12.3. The van der Waals surface area contributed by atoms with Crippen LogP contribution in [0.25, 0.3) is 10.6 Å². The molecule has 0 aromatic carbocycles. The summed E-state index contributed by atoms with van der Waals surface area (Å²) < 4.78 is 1.54. The summed E-state index contributed by atoms with van der Waals surface area (Å²) in [7, 11) is 0. The van der Waals surface area contributed by atoms with Gasteiger partial charge in [-0.05, 0) is 30.4 Å². The molecule has 0 radical (unpaired) electrons. The molecule has 19 heavy (non-hydrogen) atoms. The summed E-state index contributed by atoms with van der Waals surface area (Å²) in [4.78, 5) is 13.3. The third kappa shape index (κ3) is 3.11. The molecule has 2 aromatic rings. The Morgan fingerprint density at radius 3 is 2.68 bits per heavy atom. The molecule has 2 aromatic heterocycles. The minimum atomic E-state index is -0.285. The van der Waals surface area contributed by atoms with Gasteiger partial charge in [0.05, 0.1) is 4.88 Å². The van der Waals surface area contributed by atoms with Crippen LogP contribution < -0.4 is 11.3 Å². The predicted molar refractivity (Wildman–Crippen MR) is 79.3 cm³/mol. The lowest BCUT2D eigenvalue weighted by Crippen LogP contribution is -2.31. The van der Waals surface area contributed by atoms with E-state index in [2.05, 4.69) is 18.9 Å². The van der Waals surface area contributed by atoms with Crippen molar-refractivity contribution in [3.05, 3.63) is 39.5 Å². The van der Waals surface area contributed by atoms with E-state index in [1.54, 1.807) is 16.0 Å². The van der Waals surface area contributed by atoms with Crippen molar-refractivity contribution in [3.8, 4) is 10.6 Å². The largest absolute Gasteiger partial charge is 0.324 e. The van der Waals surface area contributed by atoms with Gasteiger partial charge in [-0.3, -0.25) is 4.79 Å². The minimum Gasteiger partial charge on any atom is -0.324 e. The van der Waals surface area contributed by atoms with Crippen LogP contribution in [-0.4, -0.2) is 9.78 Å². The first-order chi connectivity index (χ1) is 8.99. The molecule has 0 aliphatic rings. The van der Waals surface area contributed by atoms with Crippen molar-refractivity contribution in [2.24, 2.45) is 11.7 Å². The summed E-state index contributed by atoms with van der Waals surface area (Å²) in [5, 5.41) is 6.46. The zero-order valence-electron chi connectivity index (χ0n) is 11.5. The summed E-state index contributed by atoms with van der Waals surface area (Å²) in [6.45, 7) is 6.57. The highest BCUT2D eigenvalue weighted by molar-refractivity contribution is 7.13. The highest BCUT2D eigenvalue weighted by Gasteiger charge is 2.14. The number of nitrogens with two attached hydrogens (primary N) is 1. The lowest BCUT2D eigenvalue weighted by Gasteiger charge is -2.13. The van der Waals surface area contributed by atoms with Crippen molar-refractivity contribution < 1.29 is 0 Å². The first kappa shape index (κ1) is 14.0. The van der Waals surface area contributed by atoms with E-state index in [0.29, 0.717) is 18.0 Å². The Morgan fingerprint density at radius 1 is 1.42 bits per heavy atom. The average molecular weight is 277 g/mol. The van der Waals surface area contributed by atoms with Crippen molar-refractivity contribution in [1.82, 2.24) is 9.78 Å². The van der Waals surface area contributed by atoms with Gasteiger partial charge in [0, 0.05) is 18.2 Å². The van der Waals surface area contributed by atoms with Crippen LogP contribution in [0.5, 0.6) is 0 Å². The van der Waals surface area contributed by atoms with E-state index < -0.39 is 0 Å². The second-order valence-electron chi connectivity index (χ2n) is 5.13. The molecular weight excluding hydrogens is 258 g/mol. The predicted octanol–water partition coefficient (Wildman–Crippen LogP) is 2.65. The van der Waals surface area contributed by atoms with Crippen molar-refractivity contribution in [3.63, 3.8) is 0 Å². The Morgan fingerprint density at radius 2 is 2.16 bits per heavy atom. The zero-order chi connectivity index (χ0) is 14.0. The van der Waals surface area contributed by atoms with Gasteiger partial charge in [-0.25, -0.2) is 4.68 Å². The molecule has 0 spiro atoms. The lowest BCUT2D eigenvalue weighted by atomic mass is 10.1. The number of thiophene rings is 1. The van der Waals surface area contributed by atoms with Crippen LogP contribution in [-0.2, 0) is 6.54 Å². The molecule has 4 nitrogen and oxygen atoms in total. The highest BCUT2D eigenvalue weighted by Crippen LogP contribution is 2.23. The molecule has 1 atom stereocenters. The maximum absolute atomic E-state index is 12.3. The summed E-state index contributed by atoms with van der Waals surface area (Å²) in [5.41, 5.74) is 7.27. The van der Waals surface area contributed by atoms with Gasteiger partial charge in [0.2, 0.25) is 0 Å². The maximum Gasteiger partial charge on any atom is 0.271 e. The number of aromatic nitrogens is 2. The fourth-order valence-corrected chi connectivity index (χ4v) is 2.58. The van der Waals surface area contributed by atoms with E-state index in [1.807, 2.05) is 30.5 Å². The van der Waals surface area contributed by atoms with Gasteiger partial charge in [0.15, 0.2) is 0 Å². The van der Waals surface area contributed by atoms with Gasteiger partial charge < -0.3 is 5.73 Å². The fraction of sp³-hybridized carbons (Fsp3) is 0.429. The Labute approximate surface area is 116 Å². The summed E-state index contributed by atoms with van der Waals surface area (Å²) in [6, 6.07) is 5.51. The van der Waals surface area contributed by atoms with Crippen LogP contribution in [0.1, 0.15) is 32.4 Å². The van der Waals surface area contributed by atoms with Crippen LogP contribution in [0.3, 0.4) is 0 Å². The van der Waals surface area contributed by atoms with Crippen molar-refractivity contribution >= 4 is 11.3 Å². The first-order valence-electron chi connectivity index (χ1n) is 6.40. The van der Waals surface area contributed by atoms with Crippen LogP contribution >= 0.6 is 11.3 Å². The van der Waals surface area contributed by atoms with Crippen molar-refractivity contribution in [1.29, 1.82) is 0 Å². The molecule has 0 aliphatic heterocycles. The van der Waals surface area contributed by atoms with Crippen LogP contribution in [0, 0.1) is 5.92 Å². The van der Waals surface area contributed by atoms with Gasteiger partial charge >= 0.3 is 0 Å². The third-order valence-corrected chi connectivity index (χ3v) is 3.70. The molecule has 1 unspecified atom stereocenters. The standard InChI is InChI=1S/C14H19N3OS/c1-9(2)8-17-14(18)11(10(3)15)7-12(16-17)13-5-4-6-19-13/h4-7,9-10H,8,15H2,1-3H3. The van der Waals surface area contributed by atoms with E-state index >= 15 is 0 Å². The summed E-state index contributed by atoms with van der Waals surface area (Å²) in [5.74, 6) is 0.365. The van der Waals surface area contributed by atoms with E-state index in [0.717, 1.165) is 10.6 Å². The lowest BCUT2D eigenvalue weighted by molar-refractivity contribution is 0.460. The quantitative estimate of drug-likeness (QED) is 0.934. The van der Waals surface area contributed by atoms with Crippen molar-refractivity contribution in [2.45, 2.75) is 33.4 Å². The van der Waals surface area contributed by atoms with E-state index in [-0.39, 0.29) is 11.6 Å². The summed E-state index contributed by atoms with van der Waals surface area (Å²) >= 11 is 1.61. The Balaban J connectivity index is 2.57. The molecule has 0 bridgehead atoms. The van der Waals surface area contributed by atoms with E-state index in [1.165, 1.54) is 0 Å². The number of nitrogens with zero attached hydrogens (tertiary/aromatic N) is 2. The molecular formula is C14H19N3OS. The van der Waals surface area contributed by atoms with Crippen molar-refractivity contribution in [2.75, 3.05) is 0 Å². The van der Waals surface area contributed by atoms with Gasteiger partial charge in [0.25, 0.3) is 5.56 Å². The van der Waals surface area contributed by atoms with E-state index in [4.69, 9.17) is 5.73 Å². The molecule has 0 aliphatic carbocycles. The molecule has 0 saturated heterocycles. The Kier molecular flexibility index (Phi) is 4.17. The molecule has 102 valence electrons. The zero-order valence-corrected chi connectivity index (χ0v) is 12.3. The third-order valence-electron chi connectivity index (χ3n) is 2.80. The van der Waals surface area contributed by atoms with Crippen LogP contribution in [0.15, 0.2) is 28.4 Å². The average Bonchev–Trinajstić information content (AvgIpc) is 2.84. The normalized spacial score (nSPS) is 12.9. The monoisotopic (exact) mass is 277 g/mol. The van der Waals surface area contributed by atoms with Gasteiger partial charge in [0.1, 0.15) is 5.69 Å². The molecule has 0 amide bonds. The number of rotatable bonds is 4. The highest BCUT2D eigenvalue weighted by atomic mass is 32.1. The second kappa shape index (κ2) is 5.67.